The summed E-state index contributed by atoms with van der Waals surface area (Å²) in [6, 6.07) is 28.9. The highest BCUT2D eigenvalue weighted by Crippen LogP contribution is 2.35. The quantitative estimate of drug-likeness (QED) is 0.0565. The van der Waals surface area contributed by atoms with Gasteiger partial charge >= 0.3 is 0 Å². The van der Waals surface area contributed by atoms with E-state index in [1.165, 1.54) is 48.5 Å². The van der Waals surface area contributed by atoms with Crippen LogP contribution >= 0.6 is 31.9 Å². The van der Waals surface area contributed by atoms with E-state index >= 15 is 0 Å². The van der Waals surface area contributed by atoms with Crippen molar-refractivity contribution in [1.29, 1.82) is 15.8 Å². The highest BCUT2D eigenvalue weighted by atomic mass is 79.9. The molecule has 392 valence electrons. The van der Waals surface area contributed by atoms with E-state index in [9.17, 15) is 38.9 Å². The van der Waals surface area contributed by atoms with Crippen molar-refractivity contribution in [3.8, 4) is 18.2 Å². The molecule has 0 aliphatic heterocycles. The van der Waals surface area contributed by atoms with Gasteiger partial charge < -0.3 is 27.8 Å². The second kappa shape index (κ2) is 24.4. The Bertz CT molecular complexity index is 4530. The first-order chi connectivity index (χ1) is 36.9. The number of alkyl halides is 2. The van der Waals surface area contributed by atoms with Gasteiger partial charge in [-0.05, 0) is 108 Å². The number of aldehydes is 1. The average Bonchev–Trinajstić information content (AvgIpc) is 3.43. The number of halogens is 2. The zero-order chi connectivity index (χ0) is 57.4. The fourth-order valence-corrected chi connectivity index (χ4v) is 8.76. The van der Waals surface area contributed by atoms with Crippen LogP contribution in [-0.4, -0.2) is 11.2 Å². The van der Waals surface area contributed by atoms with Crippen LogP contribution in [0.2, 0.25) is 0 Å². The fraction of sp³-hybridized carbons (Fsp3) is 0.155. The van der Waals surface area contributed by atoms with Crippen LogP contribution in [-0.2, 0) is 0 Å². The molecule has 0 atom stereocenters. The van der Waals surface area contributed by atoms with E-state index in [0.29, 0.717) is 96.0 Å². The summed E-state index contributed by atoms with van der Waals surface area (Å²) in [5.74, 6) is 2.55. The minimum atomic E-state index is -0.575. The molecule has 0 saturated heterocycles. The maximum absolute atomic E-state index is 11.9. The molecular formula is C58H43Br2N5O13. The number of hydrogen-bond acceptors (Lipinski definition) is 17. The Morgan fingerprint density at radius 2 is 0.821 bits per heavy atom. The molecule has 10 aromatic rings. The third kappa shape index (κ3) is 12.4. The molecule has 5 aromatic carbocycles. The van der Waals surface area contributed by atoms with Gasteiger partial charge in [0.25, 0.3) is 5.69 Å². The van der Waals surface area contributed by atoms with Gasteiger partial charge in [0.05, 0.1) is 52.5 Å². The number of fused-ring (bicyclic) bond motifs is 5. The van der Waals surface area contributed by atoms with Gasteiger partial charge in [0, 0.05) is 47.6 Å². The van der Waals surface area contributed by atoms with Crippen LogP contribution in [0, 0.1) is 99.5 Å². The molecule has 2 N–H and O–H groups in total. The monoisotopic (exact) mass is 1180 g/mol. The van der Waals surface area contributed by atoms with Gasteiger partial charge in [-0.15, -0.1) is 0 Å². The summed E-state index contributed by atoms with van der Waals surface area (Å²) in [5.41, 5.74) is 11.4. The highest BCUT2D eigenvalue weighted by molar-refractivity contribution is 9.24. The predicted molar refractivity (Wildman–Crippen MR) is 302 cm³/mol. The summed E-state index contributed by atoms with van der Waals surface area (Å²) >= 11 is 6.74. The lowest BCUT2D eigenvalue weighted by Crippen LogP contribution is -2.04. The van der Waals surface area contributed by atoms with Crippen LogP contribution in [0.4, 0.5) is 11.4 Å². The molecule has 0 radical (unpaired) electrons. The van der Waals surface area contributed by atoms with Crippen LogP contribution in [0.25, 0.3) is 54.8 Å². The molecule has 0 unspecified atom stereocenters. The third-order valence-corrected chi connectivity index (χ3v) is 12.6. The minimum absolute atomic E-state index is 0.0376. The van der Waals surface area contributed by atoms with Crippen molar-refractivity contribution in [1.82, 2.24) is 0 Å². The number of nitro groups is 1. The van der Waals surface area contributed by atoms with Crippen molar-refractivity contribution in [3.05, 3.63) is 226 Å². The highest BCUT2D eigenvalue weighted by Gasteiger charge is 2.19. The smallest absolute Gasteiger partial charge is 0.284 e. The van der Waals surface area contributed by atoms with E-state index in [4.69, 9.17) is 43.6 Å². The summed E-state index contributed by atoms with van der Waals surface area (Å²) in [7, 11) is 0. The molecule has 0 spiro atoms. The lowest BCUT2D eigenvalue weighted by atomic mass is 10.1. The second-order valence-corrected chi connectivity index (χ2v) is 20.4. The summed E-state index contributed by atoms with van der Waals surface area (Å²) in [5, 5.41) is 39.0. The molecule has 0 amide bonds. The number of rotatable bonds is 3. The van der Waals surface area contributed by atoms with Crippen molar-refractivity contribution in [2.45, 2.75) is 59.1 Å². The van der Waals surface area contributed by atoms with E-state index < -0.39 is 4.92 Å². The molecule has 10 rings (SSSR count). The normalized spacial score (nSPS) is 10.5. The van der Waals surface area contributed by atoms with E-state index in [2.05, 4.69) is 31.9 Å². The molecule has 5 aromatic heterocycles. The molecule has 0 aliphatic carbocycles. The van der Waals surface area contributed by atoms with Crippen molar-refractivity contribution in [2.75, 3.05) is 5.73 Å². The van der Waals surface area contributed by atoms with E-state index in [0.717, 1.165) is 16.7 Å². The number of hydrogen-bond donors (Lipinski definition) is 1. The number of benzene rings is 5. The lowest BCUT2D eigenvalue weighted by Gasteiger charge is -2.07. The Hall–Kier alpha value is -9.55. The Kier molecular flexibility index (Phi) is 18.1. The topological polar surface area (TPSA) is 309 Å². The molecule has 0 saturated carbocycles. The zero-order valence-electron chi connectivity index (χ0n) is 42.7. The summed E-state index contributed by atoms with van der Waals surface area (Å²) in [6.07, 6.45) is 0.603. The number of aryl methyl sites for hydroxylation is 8. The molecule has 0 fully saturated rings. The predicted octanol–water partition coefficient (Wildman–Crippen LogP) is 12.1. The van der Waals surface area contributed by atoms with Crippen LogP contribution in [0.3, 0.4) is 0 Å². The number of nitrogens with two attached hydrogens (primary N) is 1. The maximum atomic E-state index is 11.9. The summed E-state index contributed by atoms with van der Waals surface area (Å²) < 4.78 is 27.1. The molecular weight excluding hydrogens is 1130 g/mol. The largest absolute Gasteiger partial charge is 0.461 e. The van der Waals surface area contributed by atoms with E-state index in [-0.39, 0.29) is 64.1 Å². The van der Waals surface area contributed by atoms with Gasteiger partial charge in [0.1, 0.15) is 80.3 Å². The number of nitriles is 3. The number of nitrogens with zero attached hydrogens (tertiary/aromatic N) is 4. The number of carbonyl (C=O) groups excluding carboxylic acids is 1. The molecule has 20 heteroatoms. The standard InChI is InChI=1S/C12H7Br2NO2.C12H7NO3.C12H9NO2.C11H9NO4.C11H11NO2/c1-6-4-9(16)10-7(5-15)2-3-8(12(13)14)11(10)17-6;1-7-4-10(15)11-8(5-13)2-3-9(6-14)12(11)16-7;1-7-3-4-9(6-13)11-10(14)5-8(2)15-12(7)11;1-6-3-4-8(12(14)15)10-9(13)5-7(2)16-11(6)10;1-6-3-4-8(12)10-9(13)5-7(2)14-11(6)10/h2-4,12H,1H3;2-4,6H,1H3;3-5H,1-2H3;3-5H,1-2H3;3-5H,12H2,1-2H3. The van der Waals surface area contributed by atoms with Crippen molar-refractivity contribution in [2.24, 2.45) is 0 Å². The Morgan fingerprint density at radius 3 is 1.26 bits per heavy atom. The number of nitro benzene ring substituents is 1. The van der Waals surface area contributed by atoms with Crippen LogP contribution in [0.1, 0.15) is 81.8 Å². The Balaban J connectivity index is 0.000000158. The van der Waals surface area contributed by atoms with Gasteiger partial charge in [-0.2, -0.15) is 15.8 Å². The van der Waals surface area contributed by atoms with Gasteiger partial charge in [0.15, 0.2) is 33.4 Å². The van der Waals surface area contributed by atoms with Crippen molar-refractivity contribution >= 4 is 104 Å². The minimum Gasteiger partial charge on any atom is -0.461 e. The summed E-state index contributed by atoms with van der Waals surface area (Å²) in [4.78, 5) is 79.7. The second-order valence-electron chi connectivity index (χ2n) is 17.3. The average molecular weight is 1180 g/mol. The van der Waals surface area contributed by atoms with Crippen molar-refractivity contribution < 1.29 is 31.8 Å². The molecule has 78 heavy (non-hydrogen) atoms. The summed E-state index contributed by atoms with van der Waals surface area (Å²) in [6.45, 7) is 13.9. The SMILES string of the molecule is Cc1cc(=O)c2c(C#N)ccc(C(Br)Br)c2o1.Cc1cc(=O)c2c(C#N)ccc(C)c2o1.Cc1cc(=O)c2c(C#N)ccc(C=O)c2o1.Cc1cc(=O)c2c(N)ccc(C)c2o1.Cc1cc(=O)c2c([N+](=O)[O-])ccc(C)c2o1. The van der Waals surface area contributed by atoms with Crippen LogP contribution in [0.5, 0.6) is 0 Å². The fourth-order valence-electron chi connectivity index (χ4n) is 8.04. The Labute approximate surface area is 458 Å². The first-order valence-corrected chi connectivity index (χ1v) is 24.9. The molecule has 18 nitrogen and oxygen atoms in total. The molecule has 0 aliphatic rings. The zero-order valence-corrected chi connectivity index (χ0v) is 45.9. The number of carbonyl (C=O) groups is 1. The van der Waals surface area contributed by atoms with Crippen LogP contribution < -0.4 is 32.9 Å². The van der Waals surface area contributed by atoms with E-state index in [1.54, 1.807) is 77.9 Å². The van der Waals surface area contributed by atoms with Gasteiger partial charge in [-0.3, -0.25) is 38.9 Å². The van der Waals surface area contributed by atoms with Gasteiger partial charge in [-0.1, -0.05) is 50.1 Å². The molecule has 0 bridgehead atoms. The lowest BCUT2D eigenvalue weighted by molar-refractivity contribution is -0.383. The van der Waals surface area contributed by atoms with Gasteiger partial charge in [-0.25, -0.2) is 0 Å². The maximum Gasteiger partial charge on any atom is 0.284 e. The van der Waals surface area contributed by atoms with Gasteiger partial charge in [0.2, 0.25) is 0 Å². The first kappa shape index (κ1) is 57.7. The van der Waals surface area contributed by atoms with Crippen molar-refractivity contribution in [3.63, 3.8) is 0 Å². The van der Waals surface area contributed by atoms with E-state index in [1.807, 2.05) is 38.1 Å². The number of nitrogen functional groups attached to an aromatic ring is 1. The number of non-ortho nitro benzene ring substituents is 1. The van der Waals surface area contributed by atoms with Crippen LogP contribution in [0.15, 0.2) is 137 Å². The number of anilines is 1. The first-order valence-electron chi connectivity index (χ1n) is 23.0. The third-order valence-electron chi connectivity index (χ3n) is 11.6. The molecule has 5 heterocycles. The Morgan fingerprint density at radius 1 is 0.487 bits per heavy atom.